The molecule has 0 spiro atoms. The van der Waals surface area contributed by atoms with E-state index in [1.807, 2.05) is 13.8 Å². The van der Waals surface area contributed by atoms with Crippen molar-refractivity contribution in [2.75, 3.05) is 33.9 Å². The summed E-state index contributed by atoms with van der Waals surface area (Å²) in [7, 11) is 2.88. The number of nitrogens with one attached hydrogen (secondary N) is 7. The van der Waals surface area contributed by atoms with Crippen LogP contribution in [0, 0.1) is 5.92 Å². The van der Waals surface area contributed by atoms with Crippen molar-refractivity contribution in [3.63, 3.8) is 0 Å². The highest BCUT2D eigenvalue weighted by Crippen LogP contribution is 2.49. The van der Waals surface area contributed by atoms with E-state index >= 15 is 14.4 Å². The lowest BCUT2D eigenvalue weighted by molar-refractivity contribution is -0.279. The Labute approximate surface area is 602 Å². The standard InChI is InChI=1S/C71H85Cl2N9O21/c1-6-7-8-9-10-11-12-15-54(87)103-50-14-13-23-100-70(50)82(98-5)22-24-99-63-51-29-38-30-52(63)102-49-21-18-37(28-43(49)73)62(89)60-69(95)79-58(71(96)97)41-31-39(83)32-47(85)55(41)40-26-35(16-19-46(40)84)56(66(92)81-60)78-67(93)57(38)77-65(91)45(33-53(74)86)76-68(94)59(80-64(90)44(75-4)25-34(2)3)61(88)36-17-20-48(101-51)42(72)27-36/h16-21,26-32,34,44-45,50,56-62,70,75,83-85,88-89H,6-15,22-25,33H2,1-5H3,(H2,74,86)(H,76,94)(H,77,91)(H,78,93)(H,79,95)(H,80,90)(H,81,92)(H,96,97)/t44-,45+,50?,56-,57-,58+,59-,60+,61-,62-,70-/m1/s1. The van der Waals surface area contributed by atoms with E-state index in [0.29, 0.717) is 19.3 Å². The average Bonchev–Trinajstić information content (AvgIpc) is 0.770. The summed E-state index contributed by atoms with van der Waals surface area (Å²) in [6.45, 7) is 5.61. The number of ether oxygens (including phenoxy) is 5. The molecule has 1 saturated heterocycles. The van der Waals surface area contributed by atoms with Crippen molar-refractivity contribution in [2.45, 2.75) is 165 Å². The summed E-state index contributed by atoms with van der Waals surface area (Å²) in [6.07, 6.45) is 1.50. The minimum atomic E-state index is -2.22. The molecule has 15 N–H and O–H groups in total. The topological polar surface area (TPSA) is 444 Å². The number of halogens is 2. The van der Waals surface area contributed by atoms with Crippen LogP contribution in [-0.4, -0.2) is 159 Å². The maximum absolute atomic E-state index is 16.0. The first-order valence-electron chi connectivity index (χ1n) is 33.8. The van der Waals surface area contributed by atoms with Crippen LogP contribution >= 0.6 is 23.2 Å². The zero-order valence-electron chi connectivity index (χ0n) is 57.1. The second-order valence-electron chi connectivity index (χ2n) is 25.8. The number of benzene rings is 5. The molecule has 6 heterocycles. The van der Waals surface area contributed by atoms with Crippen LogP contribution in [0.5, 0.6) is 46.0 Å². The number of hydrogen-bond acceptors (Lipinski definition) is 22. The Hall–Kier alpha value is -9.53. The van der Waals surface area contributed by atoms with Gasteiger partial charge in [-0.25, -0.2) is 4.79 Å². The second kappa shape index (κ2) is 35.1. The fraction of sp³-hybridized carbons (Fsp3) is 0.451. The van der Waals surface area contributed by atoms with Crippen LogP contribution in [0.25, 0.3) is 11.1 Å². The third-order valence-corrected chi connectivity index (χ3v) is 18.5. The maximum atomic E-state index is 16.0. The number of esters is 1. The molecule has 11 rings (SSSR count). The van der Waals surface area contributed by atoms with E-state index in [-0.39, 0.29) is 99.6 Å². The Morgan fingerprint density at radius 3 is 1.95 bits per heavy atom. The number of nitrogens with zero attached hydrogens (tertiary/aromatic N) is 1. The van der Waals surface area contributed by atoms with E-state index in [2.05, 4.69) is 44.1 Å². The number of aliphatic hydroxyl groups is 2. The Morgan fingerprint density at radius 1 is 0.709 bits per heavy atom. The highest BCUT2D eigenvalue weighted by molar-refractivity contribution is 6.32. The van der Waals surface area contributed by atoms with Crippen molar-refractivity contribution in [1.29, 1.82) is 0 Å². The number of hydroxylamine groups is 2. The number of carbonyl (C=O) groups excluding carboxylic acids is 8. The molecule has 1 unspecified atom stereocenters. The zero-order chi connectivity index (χ0) is 74.5. The lowest BCUT2D eigenvalue weighted by Gasteiger charge is -2.37. The summed E-state index contributed by atoms with van der Waals surface area (Å²) in [5, 5.41) is 87.6. The predicted octanol–water partition coefficient (Wildman–Crippen LogP) is 6.12. The van der Waals surface area contributed by atoms with Gasteiger partial charge in [-0.05, 0) is 115 Å². The van der Waals surface area contributed by atoms with Crippen LogP contribution in [0.4, 0.5) is 0 Å². The SMILES string of the molecule is CCCCCCCCCC(=O)OC1CCCO[C@H]1N(CCOc1c2cc3cc1Oc1ccc(cc1Cl)[C@@H](O)[C@@H](NC(=O)[C@@H](CC(C)C)NC)C(=O)N[C@@H](CC(N)=O)C(=O)N[C@H]3C(=O)N[C@H]1C(=O)N[C@H](C(=O)N[C@H](C(=O)O)c3cc(O)cc(O)c3-c3cc1ccc3O)[C@H](O)c1ccc(c(Cl)c1)O2)OC. The number of aromatic hydroxyl groups is 3. The minimum Gasteiger partial charge on any atom is -0.508 e. The monoisotopic (exact) mass is 1470 g/mol. The number of carboxylic acid groups (broad SMARTS) is 1. The third-order valence-electron chi connectivity index (χ3n) is 17.9. The number of nitrogens with two attached hydrogens (primary N) is 1. The summed E-state index contributed by atoms with van der Waals surface area (Å²) in [5.41, 5.74) is 3.43. The van der Waals surface area contributed by atoms with Crippen LogP contribution in [0.2, 0.25) is 10.0 Å². The van der Waals surface area contributed by atoms with Crippen LogP contribution in [0.1, 0.15) is 156 Å². The molecule has 0 radical (unpaired) electrons. The quantitative estimate of drug-likeness (QED) is 0.0199. The van der Waals surface area contributed by atoms with E-state index in [4.69, 9.17) is 57.5 Å². The lowest BCUT2D eigenvalue weighted by Crippen LogP contribution is -2.59. The zero-order valence-corrected chi connectivity index (χ0v) is 58.6. The largest absolute Gasteiger partial charge is 0.508 e. The van der Waals surface area contributed by atoms with Crippen molar-refractivity contribution in [3.8, 4) is 57.1 Å². The molecule has 30 nitrogen and oxygen atoms in total. The molecular weight excluding hydrogens is 1390 g/mol. The number of unbranched alkanes of at least 4 members (excludes halogenated alkanes) is 6. The van der Waals surface area contributed by atoms with Gasteiger partial charge < -0.3 is 97.3 Å². The van der Waals surface area contributed by atoms with Crippen LogP contribution in [-0.2, 0) is 57.5 Å². The maximum Gasteiger partial charge on any atom is 0.330 e. The fourth-order valence-corrected chi connectivity index (χ4v) is 13.1. The van der Waals surface area contributed by atoms with Gasteiger partial charge in [0.1, 0.15) is 83.9 Å². The van der Waals surface area contributed by atoms with Gasteiger partial charge in [-0.15, -0.1) is 0 Å². The molecule has 11 atom stereocenters. The molecule has 103 heavy (non-hydrogen) atoms. The molecule has 0 saturated carbocycles. The van der Waals surface area contributed by atoms with E-state index in [9.17, 15) is 59.4 Å². The van der Waals surface area contributed by atoms with Crippen LogP contribution in [0.15, 0.2) is 78.9 Å². The van der Waals surface area contributed by atoms with Gasteiger partial charge in [-0.1, -0.05) is 101 Å². The van der Waals surface area contributed by atoms with Gasteiger partial charge in [0.05, 0.1) is 36.2 Å². The molecule has 0 aromatic heterocycles. The molecule has 32 heteroatoms. The van der Waals surface area contributed by atoms with Gasteiger partial charge in [0.25, 0.3) is 0 Å². The smallest absolute Gasteiger partial charge is 0.330 e. The molecular formula is C71H85Cl2N9O21. The first-order chi connectivity index (χ1) is 49.2. The number of phenols is 3. The Balaban J connectivity index is 1.23. The number of phenolic OH excluding ortho intramolecular Hbond substituents is 3. The summed E-state index contributed by atoms with van der Waals surface area (Å²) in [4.78, 5) is 136. The number of carbonyl (C=O) groups is 9. The van der Waals surface area contributed by atoms with E-state index in [0.717, 1.165) is 74.9 Å². The number of aliphatic carboxylic acids is 1. The number of hydrogen-bond donors (Lipinski definition) is 14. The number of primary amides is 1. The Kier molecular flexibility index (Phi) is 26.5. The van der Waals surface area contributed by atoms with Gasteiger partial charge in [-0.2, -0.15) is 5.06 Å². The molecule has 5 aromatic rings. The fourth-order valence-electron chi connectivity index (χ4n) is 12.6. The number of amides is 7. The van der Waals surface area contributed by atoms with Gasteiger partial charge in [0.2, 0.25) is 47.1 Å². The van der Waals surface area contributed by atoms with Gasteiger partial charge >= 0.3 is 11.9 Å². The summed E-state index contributed by atoms with van der Waals surface area (Å²) in [6, 6.07) is 0.974. The molecule has 5 aromatic carbocycles. The molecule has 6 aliphatic heterocycles. The third kappa shape index (κ3) is 19.0. The number of carboxylic acids is 1. The van der Waals surface area contributed by atoms with E-state index in [1.165, 1.54) is 61.7 Å². The van der Waals surface area contributed by atoms with E-state index < -0.39 is 160 Å². The number of fused-ring (bicyclic) bond motifs is 15. The second-order valence-corrected chi connectivity index (χ2v) is 26.7. The van der Waals surface area contributed by atoms with E-state index in [1.54, 1.807) is 0 Å². The highest BCUT2D eigenvalue weighted by Gasteiger charge is 2.43. The Bertz CT molecular complexity index is 4000. The highest BCUT2D eigenvalue weighted by atomic mass is 35.5. The number of aliphatic hydroxyl groups excluding tert-OH is 2. The normalized spacial score (nSPS) is 22.4. The minimum absolute atomic E-state index is 0.0603. The molecule has 7 amide bonds. The van der Waals surface area contributed by atoms with Crippen molar-refractivity contribution in [3.05, 3.63) is 117 Å². The van der Waals surface area contributed by atoms with Crippen molar-refractivity contribution in [2.24, 2.45) is 11.7 Å². The summed E-state index contributed by atoms with van der Waals surface area (Å²) >= 11 is 14.1. The molecule has 0 aliphatic carbocycles. The van der Waals surface area contributed by atoms with Crippen molar-refractivity contribution in [1.82, 2.24) is 42.3 Å². The van der Waals surface area contributed by atoms with Crippen molar-refractivity contribution < 1.29 is 102 Å². The van der Waals surface area contributed by atoms with Crippen LogP contribution in [0.3, 0.4) is 0 Å². The molecule has 554 valence electrons. The predicted molar refractivity (Wildman–Crippen MR) is 369 cm³/mol. The Morgan fingerprint density at radius 2 is 1.33 bits per heavy atom. The first-order valence-corrected chi connectivity index (χ1v) is 34.6. The molecule has 1 fully saturated rings. The lowest BCUT2D eigenvalue weighted by atomic mass is 9.89. The molecule has 6 aliphatic rings. The van der Waals surface area contributed by atoms with Gasteiger partial charge in [0, 0.05) is 35.8 Å². The number of likely N-dealkylation sites (N-methyl/N-ethyl adjacent to an activating group) is 1. The van der Waals surface area contributed by atoms with Gasteiger partial charge in [-0.3, -0.25) is 43.2 Å². The summed E-state index contributed by atoms with van der Waals surface area (Å²) in [5.74, 6) is -14.6. The summed E-state index contributed by atoms with van der Waals surface area (Å²) < 4.78 is 32.1. The number of rotatable bonds is 23. The average molecular weight is 1470 g/mol. The van der Waals surface area contributed by atoms with Crippen LogP contribution < -0.4 is 57.2 Å². The van der Waals surface area contributed by atoms with Crippen molar-refractivity contribution >= 4 is 76.5 Å². The first kappa shape index (κ1) is 77.6. The van der Waals surface area contributed by atoms with Gasteiger partial charge in [0.15, 0.2) is 23.8 Å². The molecule has 11 bridgehead atoms.